The number of aromatic amines is 1. The number of nitrogens with zero attached hydrogens (tertiary/aromatic N) is 3. The minimum Gasteiger partial charge on any atom is -0.337 e. The van der Waals surface area contributed by atoms with Crippen LogP contribution in [0.15, 0.2) is 34.9 Å². The van der Waals surface area contributed by atoms with Crippen molar-refractivity contribution in [2.45, 2.75) is 25.2 Å². The lowest BCUT2D eigenvalue weighted by atomic mass is 9.74. The minimum atomic E-state index is -0.0416. The average molecular weight is 349 g/mol. The van der Waals surface area contributed by atoms with Crippen molar-refractivity contribution in [2.24, 2.45) is 0 Å². The highest BCUT2D eigenvalue weighted by molar-refractivity contribution is 9.10. The molecule has 1 aromatic heterocycles. The van der Waals surface area contributed by atoms with Gasteiger partial charge in [-0.3, -0.25) is 4.79 Å². The summed E-state index contributed by atoms with van der Waals surface area (Å²) in [5, 5.41) is 10.0. The molecule has 110 valence electrons. The van der Waals surface area contributed by atoms with Crippen molar-refractivity contribution in [1.82, 2.24) is 20.3 Å². The zero-order chi connectivity index (χ0) is 14.9. The predicted octanol–water partition coefficient (Wildman–Crippen LogP) is 2.76. The van der Waals surface area contributed by atoms with Gasteiger partial charge < -0.3 is 4.90 Å². The van der Waals surface area contributed by atoms with Gasteiger partial charge in [0.1, 0.15) is 0 Å². The van der Waals surface area contributed by atoms with Gasteiger partial charge in [-0.25, -0.2) is 0 Å². The van der Waals surface area contributed by atoms with E-state index in [1.54, 1.807) is 0 Å². The second-order valence-corrected chi connectivity index (χ2v) is 6.63. The molecule has 2 heterocycles. The van der Waals surface area contributed by atoms with Crippen molar-refractivity contribution in [3.8, 4) is 0 Å². The first-order valence-electron chi connectivity index (χ1n) is 7.00. The van der Waals surface area contributed by atoms with Crippen molar-refractivity contribution in [1.29, 1.82) is 0 Å². The molecule has 0 saturated carbocycles. The molecule has 0 bridgehead atoms. The standard InChI is InChI=1S/C15H17BrN4O/c1-15(11-3-2-4-12(16)9-11)5-7-20(8-6-15)14(21)13-10-17-19-18-13/h2-4,9-10H,5-8H2,1H3,(H,17,18,19). The van der Waals surface area contributed by atoms with Crippen LogP contribution in [0.5, 0.6) is 0 Å². The molecule has 0 unspecified atom stereocenters. The van der Waals surface area contributed by atoms with E-state index in [2.05, 4.69) is 56.5 Å². The molecular formula is C15H17BrN4O. The number of nitrogens with one attached hydrogen (secondary N) is 1. The van der Waals surface area contributed by atoms with Crippen molar-refractivity contribution in [3.63, 3.8) is 0 Å². The summed E-state index contributed by atoms with van der Waals surface area (Å²) in [6.07, 6.45) is 3.38. The predicted molar refractivity (Wildman–Crippen MR) is 83.0 cm³/mol. The number of piperidine rings is 1. The largest absolute Gasteiger partial charge is 0.337 e. The number of halogens is 1. The SMILES string of the molecule is CC1(c2cccc(Br)c2)CCN(C(=O)c2cn[nH]n2)CC1. The van der Waals surface area contributed by atoms with Gasteiger partial charge in [-0.2, -0.15) is 15.4 Å². The normalized spacial score (nSPS) is 17.7. The summed E-state index contributed by atoms with van der Waals surface area (Å²) in [5.74, 6) is -0.0416. The van der Waals surface area contributed by atoms with Crippen molar-refractivity contribution >= 4 is 21.8 Å². The number of carbonyl (C=O) groups is 1. The molecule has 0 spiro atoms. The first kappa shape index (κ1) is 14.3. The Balaban J connectivity index is 1.71. The summed E-state index contributed by atoms with van der Waals surface area (Å²) in [6, 6.07) is 8.45. The van der Waals surface area contributed by atoms with E-state index >= 15 is 0 Å². The molecule has 1 fully saturated rings. The summed E-state index contributed by atoms with van der Waals surface area (Å²) in [7, 11) is 0. The van der Waals surface area contributed by atoms with Gasteiger partial charge in [0.15, 0.2) is 5.69 Å². The van der Waals surface area contributed by atoms with Gasteiger partial charge in [0.2, 0.25) is 0 Å². The van der Waals surface area contributed by atoms with Gasteiger partial charge in [-0.1, -0.05) is 35.0 Å². The average Bonchev–Trinajstić information content (AvgIpc) is 3.02. The summed E-state index contributed by atoms with van der Waals surface area (Å²) >= 11 is 3.53. The molecule has 0 radical (unpaired) electrons. The first-order chi connectivity index (χ1) is 10.1. The molecule has 6 heteroatoms. The van der Waals surface area contributed by atoms with Gasteiger partial charge in [-0.15, -0.1) is 0 Å². The molecular weight excluding hydrogens is 332 g/mol. The van der Waals surface area contributed by atoms with Crippen LogP contribution in [-0.2, 0) is 5.41 Å². The van der Waals surface area contributed by atoms with Crippen LogP contribution in [0.4, 0.5) is 0 Å². The maximum atomic E-state index is 12.3. The lowest BCUT2D eigenvalue weighted by Gasteiger charge is -2.39. The Morgan fingerprint density at radius 3 is 2.76 bits per heavy atom. The van der Waals surface area contributed by atoms with Crippen molar-refractivity contribution in [2.75, 3.05) is 13.1 Å². The molecule has 1 saturated heterocycles. The number of carbonyl (C=O) groups excluding carboxylic acids is 1. The third kappa shape index (κ3) is 2.85. The van der Waals surface area contributed by atoms with Gasteiger partial charge in [0.05, 0.1) is 6.20 Å². The second-order valence-electron chi connectivity index (χ2n) is 5.72. The van der Waals surface area contributed by atoms with Gasteiger partial charge in [0, 0.05) is 17.6 Å². The number of rotatable bonds is 2. The van der Waals surface area contributed by atoms with E-state index in [0.717, 1.165) is 30.4 Å². The first-order valence-corrected chi connectivity index (χ1v) is 7.79. The number of hydrogen-bond acceptors (Lipinski definition) is 3. The van der Waals surface area contributed by atoms with Crippen LogP contribution < -0.4 is 0 Å². The Hall–Kier alpha value is -1.69. The van der Waals surface area contributed by atoms with Gasteiger partial charge in [-0.05, 0) is 36.0 Å². The molecule has 1 aromatic carbocycles. The van der Waals surface area contributed by atoms with Crippen molar-refractivity contribution in [3.05, 3.63) is 46.2 Å². The Morgan fingerprint density at radius 1 is 1.38 bits per heavy atom. The zero-order valence-corrected chi connectivity index (χ0v) is 13.4. The molecule has 3 rings (SSSR count). The third-order valence-corrected chi connectivity index (χ3v) is 4.80. The van der Waals surface area contributed by atoms with Crippen molar-refractivity contribution < 1.29 is 4.79 Å². The van der Waals surface area contributed by atoms with E-state index < -0.39 is 0 Å². The van der Waals surface area contributed by atoms with Crippen LogP contribution in [0.25, 0.3) is 0 Å². The van der Waals surface area contributed by atoms with Crippen LogP contribution in [0.2, 0.25) is 0 Å². The molecule has 1 N–H and O–H groups in total. The number of H-pyrrole nitrogens is 1. The number of amides is 1. The van der Waals surface area contributed by atoms with E-state index in [-0.39, 0.29) is 11.3 Å². The van der Waals surface area contributed by atoms with E-state index in [1.807, 2.05) is 11.0 Å². The Bertz CT molecular complexity index is 633. The second kappa shape index (κ2) is 5.60. The molecule has 1 amide bonds. The minimum absolute atomic E-state index is 0.0416. The van der Waals surface area contributed by atoms with Gasteiger partial charge >= 0.3 is 0 Å². The fourth-order valence-electron chi connectivity index (χ4n) is 2.82. The molecule has 21 heavy (non-hydrogen) atoms. The summed E-state index contributed by atoms with van der Waals surface area (Å²) in [4.78, 5) is 14.1. The third-order valence-electron chi connectivity index (χ3n) is 4.31. The smallest absolute Gasteiger partial charge is 0.276 e. The highest BCUT2D eigenvalue weighted by atomic mass is 79.9. The van der Waals surface area contributed by atoms with E-state index in [9.17, 15) is 4.79 Å². The van der Waals surface area contributed by atoms with Crippen LogP contribution in [0.3, 0.4) is 0 Å². The monoisotopic (exact) mass is 348 g/mol. The van der Waals surface area contributed by atoms with Crippen LogP contribution in [-0.4, -0.2) is 39.3 Å². The maximum Gasteiger partial charge on any atom is 0.276 e. The number of aromatic nitrogens is 3. The summed E-state index contributed by atoms with van der Waals surface area (Å²) in [6.45, 7) is 3.76. The van der Waals surface area contributed by atoms with Crippen LogP contribution in [0, 0.1) is 0 Å². The highest BCUT2D eigenvalue weighted by Crippen LogP contribution is 2.36. The van der Waals surface area contributed by atoms with Gasteiger partial charge in [0.25, 0.3) is 5.91 Å². The molecule has 1 aliphatic rings. The van der Waals surface area contributed by atoms with Crippen LogP contribution in [0.1, 0.15) is 35.8 Å². The summed E-state index contributed by atoms with van der Waals surface area (Å²) in [5.41, 5.74) is 1.83. The number of hydrogen-bond donors (Lipinski definition) is 1. The lowest BCUT2D eigenvalue weighted by Crippen LogP contribution is -2.44. The molecule has 1 aliphatic heterocycles. The zero-order valence-electron chi connectivity index (χ0n) is 11.8. The fraction of sp³-hybridized carbons (Fsp3) is 0.400. The Kier molecular flexibility index (Phi) is 3.80. The fourth-order valence-corrected chi connectivity index (χ4v) is 3.22. The Labute approximate surface area is 131 Å². The highest BCUT2D eigenvalue weighted by Gasteiger charge is 2.34. The molecule has 5 nitrogen and oxygen atoms in total. The summed E-state index contributed by atoms with van der Waals surface area (Å²) < 4.78 is 1.10. The Morgan fingerprint density at radius 2 is 2.14 bits per heavy atom. The quantitative estimate of drug-likeness (QED) is 0.907. The number of likely N-dealkylation sites (tertiary alicyclic amines) is 1. The topological polar surface area (TPSA) is 61.9 Å². The molecule has 0 aliphatic carbocycles. The van der Waals surface area contributed by atoms with E-state index in [1.165, 1.54) is 11.8 Å². The lowest BCUT2D eigenvalue weighted by molar-refractivity contribution is 0.0670. The molecule has 2 aromatic rings. The van der Waals surface area contributed by atoms with Crippen LogP contribution >= 0.6 is 15.9 Å². The number of benzene rings is 1. The van der Waals surface area contributed by atoms with E-state index in [0.29, 0.717) is 5.69 Å². The maximum absolute atomic E-state index is 12.3. The van der Waals surface area contributed by atoms with E-state index in [4.69, 9.17) is 0 Å². The molecule has 0 atom stereocenters.